The second-order valence-corrected chi connectivity index (χ2v) is 9.08. The van der Waals surface area contributed by atoms with E-state index in [1.165, 1.54) is 18.3 Å². The molecular formula is C26H27N3O5S. The number of ether oxygens (including phenoxy) is 2. The second-order valence-electron chi connectivity index (χ2n) is 7.22. The number of hydrazone groups is 1. The van der Waals surface area contributed by atoms with Gasteiger partial charge in [-0.3, -0.25) is 9.10 Å². The Morgan fingerprint density at radius 3 is 2.43 bits per heavy atom. The molecule has 182 valence electrons. The van der Waals surface area contributed by atoms with Crippen LogP contribution in [-0.2, 0) is 14.8 Å². The number of hydrogen-bond acceptors (Lipinski definition) is 6. The summed E-state index contributed by atoms with van der Waals surface area (Å²) in [5, 5.41) is 3.96. The normalized spacial score (nSPS) is 11.1. The van der Waals surface area contributed by atoms with Crippen molar-refractivity contribution in [1.29, 1.82) is 0 Å². The highest BCUT2D eigenvalue weighted by atomic mass is 32.2. The molecule has 3 aromatic rings. The molecule has 1 N–H and O–H groups in total. The van der Waals surface area contributed by atoms with E-state index in [2.05, 4.69) is 17.1 Å². The van der Waals surface area contributed by atoms with Gasteiger partial charge in [0.25, 0.3) is 15.9 Å². The number of amides is 1. The van der Waals surface area contributed by atoms with Gasteiger partial charge in [0.05, 0.1) is 23.4 Å². The van der Waals surface area contributed by atoms with Crippen LogP contribution < -0.4 is 19.2 Å². The van der Waals surface area contributed by atoms with Crippen LogP contribution in [0.2, 0.25) is 0 Å². The molecule has 3 rings (SSSR count). The molecule has 9 heteroatoms. The summed E-state index contributed by atoms with van der Waals surface area (Å²) < 4.78 is 38.7. The van der Waals surface area contributed by atoms with Crippen LogP contribution in [0.1, 0.15) is 12.5 Å². The van der Waals surface area contributed by atoms with Gasteiger partial charge in [-0.2, -0.15) is 5.10 Å². The molecule has 0 radical (unpaired) electrons. The summed E-state index contributed by atoms with van der Waals surface area (Å²) in [5.74, 6) is 0.631. The fourth-order valence-electron chi connectivity index (χ4n) is 3.09. The number of benzene rings is 3. The van der Waals surface area contributed by atoms with E-state index < -0.39 is 22.5 Å². The Kier molecular flexibility index (Phi) is 9.02. The van der Waals surface area contributed by atoms with E-state index in [4.69, 9.17) is 9.47 Å². The number of carbonyl (C=O) groups excluding carboxylic acids is 1. The van der Waals surface area contributed by atoms with Crippen LogP contribution in [0.25, 0.3) is 0 Å². The average Bonchev–Trinajstić information content (AvgIpc) is 2.87. The van der Waals surface area contributed by atoms with Crippen LogP contribution in [0, 0.1) is 0 Å². The minimum atomic E-state index is -4.01. The van der Waals surface area contributed by atoms with Gasteiger partial charge < -0.3 is 9.47 Å². The maximum atomic E-state index is 13.4. The van der Waals surface area contributed by atoms with Gasteiger partial charge in [-0.15, -0.1) is 0 Å². The fourth-order valence-corrected chi connectivity index (χ4v) is 4.54. The lowest BCUT2D eigenvalue weighted by molar-refractivity contribution is -0.119. The molecule has 8 nitrogen and oxygen atoms in total. The van der Waals surface area contributed by atoms with Gasteiger partial charge >= 0.3 is 0 Å². The summed E-state index contributed by atoms with van der Waals surface area (Å²) in [6.45, 7) is 5.85. The Bertz CT molecular complexity index is 1260. The summed E-state index contributed by atoms with van der Waals surface area (Å²) in [5.41, 5.74) is 3.42. The van der Waals surface area contributed by atoms with Gasteiger partial charge in [0.1, 0.15) is 24.7 Å². The number of rotatable bonds is 12. The molecule has 1 amide bonds. The number of hydrogen-bond donors (Lipinski definition) is 1. The highest BCUT2D eigenvalue weighted by Gasteiger charge is 2.27. The van der Waals surface area contributed by atoms with Gasteiger partial charge in [0, 0.05) is 0 Å². The third-order valence-electron chi connectivity index (χ3n) is 4.68. The lowest BCUT2D eigenvalue weighted by atomic mass is 10.2. The largest absolute Gasteiger partial charge is 0.494 e. The zero-order chi connectivity index (χ0) is 25.1. The number of nitrogens with zero attached hydrogens (tertiary/aromatic N) is 2. The number of carbonyl (C=O) groups is 1. The first kappa shape index (κ1) is 25.5. The second kappa shape index (κ2) is 12.4. The van der Waals surface area contributed by atoms with Crippen molar-refractivity contribution in [2.75, 3.05) is 24.1 Å². The van der Waals surface area contributed by atoms with E-state index in [0.29, 0.717) is 36.0 Å². The number of nitrogens with one attached hydrogen (secondary N) is 1. The molecular weight excluding hydrogens is 466 g/mol. The standard InChI is InChI=1S/C26H27N3O5S/c1-3-17-34-24-10-8-9-21(18-24)19-27-28-26(30)20-29(22-13-15-23(16-14-22)33-4-2)35(31,32)25-11-6-5-7-12-25/h3,5-16,18-19H,1,4,17,20H2,2H3,(H,28,30)/b27-19-. The zero-order valence-electron chi connectivity index (χ0n) is 19.3. The molecule has 0 bridgehead atoms. The molecule has 0 fully saturated rings. The maximum Gasteiger partial charge on any atom is 0.264 e. The topological polar surface area (TPSA) is 97.3 Å². The molecule has 0 saturated heterocycles. The molecule has 0 aliphatic carbocycles. The Hall–Kier alpha value is -4.11. The molecule has 0 aliphatic rings. The summed E-state index contributed by atoms with van der Waals surface area (Å²) in [6, 6.07) is 21.6. The van der Waals surface area contributed by atoms with Crippen molar-refractivity contribution in [2.24, 2.45) is 5.10 Å². The maximum absolute atomic E-state index is 13.4. The van der Waals surface area contributed by atoms with Gasteiger partial charge in [0.2, 0.25) is 0 Å². The van der Waals surface area contributed by atoms with Crippen LogP contribution in [0.4, 0.5) is 5.69 Å². The highest BCUT2D eigenvalue weighted by Crippen LogP contribution is 2.25. The number of sulfonamides is 1. The first-order valence-electron chi connectivity index (χ1n) is 10.9. The third kappa shape index (κ3) is 7.18. The molecule has 0 aromatic heterocycles. The lowest BCUT2D eigenvalue weighted by Gasteiger charge is -2.24. The van der Waals surface area contributed by atoms with Crippen LogP contribution >= 0.6 is 0 Å². The van der Waals surface area contributed by atoms with Crippen LogP contribution in [0.3, 0.4) is 0 Å². The first-order valence-corrected chi connectivity index (χ1v) is 12.3. The monoisotopic (exact) mass is 493 g/mol. The average molecular weight is 494 g/mol. The van der Waals surface area contributed by atoms with E-state index in [0.717, 1.165) is 4.31 Å². The Morgan fingerprint density at radius 1 is 1.00 bits per heavy atom. The van der Waals surface area contributed by atoms with Crippen molar-refractivity contribution in [3.63, 3.8) is 0 Å². The molecule has 0 unspecified atom stereocenters. The quantitative estimate of drug-likeness (QED) is 0.234. The van der Waals surface area contributed by atoms with E-state index in [9.17, 15) is 13.2 Å². The molecule has 0 aliphatic heterocycles. The van der Waals surface area contributed by atoms with E-state index in [-0.39, 0.29) is 4.90 Å². The predicted molar refractivity (Wildman–Crippen MR) is 136 cm³/mol. The van der Waals surface area contributed by atoms with E-state index in [1.807, 2.05) is 6.92 Å². The van der Waals surface area contributed by atoms with Crippen molar-refractivity contribution in [3.8, 4) is 11.5 Å². The van der Waals surface area contributed by atoms with Crippen LogP contribution in [0.5, 0.6) is 11.5 Å². The van der Waals surface area contributed by atoms with Gasteiger partial charge in [-0.1, -0.05) is 43.0 Å². The summed E-state index contributed by atoms with van der Waals surface area (Å²) in [4.78, 5) is 12.8. The van der Waals surface area contributed by atoms with Crippen molar-refractivity contribution in [1.82, 2.24) is 5.43 Å². The Balaban J connectivity index is 1.77. The molecule has 0 saturated carbocycles. The van der Waals surface area contributed by atoms with Crippen molar-refractivity contribution < 1.29 is 22.7 Å². The Morgan fingerprint density at radius 2 is 1.74 bits per heavy atom. The smallest absolute Gasteiger partial charge is 0.264 e. The van der Waals surface area contributed by atoms with E-state index >= 15 is 0 Å². The van der Waals surface area contributed by atoms with Gasteiger partial charge in [0.15, 0.2) is 0 Å². The van der Waals surface area contributed by atoms with Crippen molar-refractivity contribution >= 4 is 27.8 Å². The molecule has 35 heavy (non-hydrogen) atoms. The summed E-state index contributed by atoms with van der Waals surface area (Å²) in [6.07, 6.45) is 3.09. The summed E-state index contributed by atoms with van der Waals surface area (Å²) in [7, 11) is -4.01. The first-order chi connectivity index (χ1) is 16.9. The third-order valence-corrected chi connectivity index (χ3v) is 6.47. The molecule has 3 aromatic carbocycles. The fraction of sp³-hybridized carbons (Fsp3) is 0.154. The van der Waals surface area contributed by atoms with Crippen LogP contribution in [-0.4, -0.2) is 40.3 Å². The van der Waals surface area contributed by atoms with Gasteiger partial charge in [-0.05, 0) is 61.0 Å². The molecule has 0 atom stereocenters. The van der Waals surface area contributed by atoms with Crippen molar-refractivity contribution in [3.05, 3.63) is 97.1 Å². The van der Waals surface area contributed by atoms with Crippen molar-refractivity contribution in [2.45, 2.75) is 11.8 Å². The Labute approximate surface area is 205 Å². The minimum absolute atomic E-state index is 0.0709. The zero-order valence-corrected chi connectivity index (χ0v) is 20.1. The highest BCUT2D eigenvalue weighted by molar-refractivity contribution is 7.92. The molecule has 0 heterocycles. The van der Waals surface area contributed by atoms with Gasteiger partial charge in [-0.25, -0.2) is 13.8 Å². The number of anilines is 1. The summed E-state index contributed by atoms with van der Waals surface area (Å²) >= 11 is 0. The lowest BCUT2D eigenvalue weighted by Crippen LogP contribution is -2.39. The van der Waals surface area contributed by atoms with Crippen LogP contribution in [0.15, 0.2) is 102 Å². The minimum Gasteiger partial charge on any atom is -0.494 e. The molecule has 0 spiro atoms. The SMILES string of the molecule is C=CCOc1cccc(/C=N\NC(=O)CN(c2ccc(OCC)cc2)S(=O)(=O)c2ccccc2)c1. The van der Waals surface area contributed by atoms with E-state index in [1.54, 1.807) is 72.8 Å². The predicted octanol–water partition coefficient (Wildman–Crippen LogP) is 4.00.